The van der Waals surface area contributed by atoms with Gasteiger partial charge in [0.15, 0.2) is 0 Å². The van der Waals surface area contributed by atoms with Gasteiger partial charge in [0, 0.05) is 9.13 Å². The minimum absolute atomic E-state index is 0.317. The standard InChI is InChI=1S/C8H7IO3/c9-6-3-1-2-5(4-6)7(10)8(11)12/h1-4,8,11-12H. The molecule has 0 aromatic heterocycles. The van der Waals surface area contributed by atoms with Crippen LogP contribution in [0.1, 0.15) is 10.4 Å². The number of aliphatic hydroxyl groups is 2. The van der Waals surface area contributed by atoms with Gasteiger partial charge in [0.2, 0.25) is 12.1 Å². The summed E-state index contributed by atoms with van der Waals surface area (Å²) in [5, 5.41) is 17.1. The van der Waals surface area contributed by atoms with Crippen molar-refractivity contribution in [2.45, 2.75) is 6.29 Å². The lowest BCUT2D eigenvalue weighted by atomic mass is 10.1. The maximum atomic E-state index is 11.0. The molecule has 0 aliphatic carbocycles. The number of ketones is 1. The van der Waals surface area contributed by atoms with Gasteiger partial charge in [0.05, 0.1) is 0 Å². The van der Waals surface area contributed by atoms with Crippen LogP contribution < -0.4 is 0 Å². The molecule has 64 valence electrons. The van der Waals surface area contributed by atoms with Crippen molar-refractivity contribution < 1.29 is 15.0 Å². The molecule has 0 spiro atoms. The second kappa shape index (κ2) is 3.97. The molecule has 0 unspecified atom stereocenters. The van der Waals surface area contributed by atoms with E-state index in [-0.39, 0.29) is 0 Å². The van der Waals surface area contributed by atoms with Gasteiger partial charge in [-0.1, -0.05) is 12.1 Å². The Kier molecular flexibility index (Phi) is 3.19. The van der Waals surface area contributed by atoms with Crippen LogP contribution >= 0.6 is 22.6 Å². The number of Topliss-reactive ketones (excluding diaryl/α,β-unsaturated/α-hetero) is 1. The first-order chi connectivity index (χ1) is 5.61. The van der Waals surface area contributed by atoms with E-state index in [1.165, 1.54) is 0 Å². The summed E-state index contributed by atoms with van der Waals surface area (Å²) in [6.45, 7) is 0. The lowest BCUT2D eigenvalue weighted by Gasteiger charge is -2.01. The van der Waals surface area contributed by atoms with E-state index in [9.17, 15) is 4.79 Å². The summed E-state index contributed by atoms with van der Waals surface area (Å²) < 4.78 is 0.888. The lowest BCUT2D eigenvalue weighted by molar-refractivity contribution is -0.0195. The van der Waals surface area contributed by atoms with Crippen LogP contribution in [0.2, 0.25) is 0 Å². The van der Waals surface area contributed by atoms with Gasteiger partial charge in [0.1, 0.15) is 0 Å². The number of carbonyl (C=O) groups excluding carboxylic acids is 1. The van der Waals surface area contributed by atoms with Crippen LogP contribution in [0.25, 0.3) is 0 Å². The van der Waals surface area contributed by atoms with Gasteiger partial charge >= 0.3 is 0 Å². The monoisotopic (exact) mass is 278 g/mol. The topological polar surface area (TPSA) is 57.5 Å². The summed E-state index contributed by atoms with van der Waals surface area (Å²) >= 11 is 2.05. The highest BCUT2D eigenvalue weighted by Crippen LogP contribution is 2.09. The van der Waals surface area contributed by atoms with E-state index >= 15 is 0 Å². The van der Waals surface area contributed by atoms with Gasteiger partial charge in [-0.25, -0.2) is 0 Å². The minimum Gasteiger partial charge on any atom is -0.362 e. The first-order valence-electron chi connectivity index (χ1n) is 3.27. The molecule has 0 amide bonds. The van der Waals surface area contributed by atoms with Crippen molar-refractivity contribution in [1.82, 2.24) is 0 Å². The zero-order valence-corrected chi connectivity index (χ0v) is 8.22. The molecule has 2 N–H and O–H groups in total. The van der Waals surface area contributed by atoms with Gasteiger partial charge in [-0.2, -0.15) is 0 Å². The Balaban J connectivity index is 2.96. The van der Waals surface area contributed by atoms with Crippen LogP contribution in [0, 0.1) is 3.57 Å². The molecule has 12 heavy (non-hydrogen) atoms. The number of aliphatic hydroxyl groups excluding tert-OH is 1. The van der Waals surface area contributed by atoms with E-state index in [1.54, 1.807) is 18.2 Å². The summed E-state index contributed by atoms with van der Waals surface area (Å²) in [6.07, 6.45) is -1.91. The number of hydrogen-bond acceptors (Lipinski definition) is 3. The summed E-state index contributed by atoms with van der Waals surface area (Å²) in [5.41, 5.74) is 0.317. The van der Waals surface area contributed by atoms with Crippen LogP contribution in [0.3, 0.4) is 0 Å². The fourth-order valence-corrected chi connectivity index (χ4v) is 1.33. The predicted octanol–water partition coefficient (Wildman–Crippen LogP) is 0.785. The highest BCUT2D eigenvalue weighted by atomic mass is 127. The molecule has 1 rings (SSSR count). The molecule has 0 radical (unpaired) electrons. The SMILES string of the molecule is O=C(c1cccc(I)c1)C(O)O. The molecule has 1 aromatic carbocycles. The summed E-state index contributed by atoms with van der Waals surface area (Å²) in [6, 6.07) is 6.66. The van der Waals surface area contributed by atoms with Gasteiger partial charge < -0.3 is 10.2 Å². The Morgan fingerprint density at radius 2 is 2.08 bits per heavy atom. The Morgan fingerprint density at radius 3 is 2.58 bits per heavy atom. The van der Waals surface area contributed by atoms with Crippen LogP contribution in [-0.2, 0) is 0 Å². The van der Waals surface area contributed by atoms with Crippen molar-refractivity contribution in [2.75, 3.05) is 0 Å². The van der Waals surface area contributed by atoms with Crippen molar-refractivity contribution in [3.8, 4) is 0 Å². The zero-order valence-electron chi connectivity index (χ0n) is 6.07. The van der Waals surface area contributed by atoms with Crippen LogP contribution in [-0.4, -0.2) is 22.3 Å². The number of carbonyl (C=O) groups is 1. The van der Waals surface area contributed by atoms with E-state index < -0.39 is 12.1 Å². The molecular weight excluding hydrogens is 271 g/mol. The Hall–Kier alpha value is -0.460. The molecule has 1 aromatic rings. The number of benzene rings is 1. The van der Waals surface area contributed by atoms with E-state index in [1.807, 2.05) is 28.7 Å². The summed E-state index contributed by atoms with van der Waals surface area (Å²) in [5.74, 6) is -0.673. The van der Waals surface area contributed by atoms with Crippen LogP contribution in [0.5, 0.6) is 0 Å². The van der Waals surface area contributed by atoms with Crippen molar-refractivity contribution in [3.63, 3.8) is 0 Å². The van der Waals surface area contributed by atoms with Gasteiger partial charge in [-0.15, -0.1) is 0 Å². The third-order valence-electron chi connectivity index (χ3n) is 1.34. The number of halogens is 1. The molecule has 0 aliphatic rings. The third-order valence-corrected chi connectivity index (χ3v) is 2.01. The Morgan fingerprint density at radius 1 is 1.42 bits per heavy atom. The predicted molar refractivity (Wildman–Crippen MR) is 51.7 cm³/mol. The molecule has 0 saturated heterocycles. The average Bonchev–Trinajstić information content (AvgIpc) is 2.03. The fraction of sp³-hybridized carbons (Fsp3) is 0.125. The first-order valence-corrected chi connectivity index (χ1v) is 4.35. The highest BCUT2D eigenvalue weighted by Gasteiger charge is 2.13. The number of rotatable bonds is 2. The molecule has 0 saturated carbocycles. The normalized spacial score (nSPS) is 10.3. The smallest absolute Gasteiger partial charge is 0.218 e. The molecule has 4 heteroatoms. The van der Waals surface area contributed by atoms with Gasteiger partial charge in [0.25, 0.3) is 0 Å². The average molecular weight is 278 g/mol. The van der Waals surface area contributed by atoms with E-state index in [0.717, 1.165) is 3.57 Å². The maximum absolute atomic E-state index is 11.0. The van der Waals surface area contributed by atoms with E-state index in [4.69, 9.17) is 10.2 Å². The highest BCUT2D eigenvalue weighted by molar-refractivity contribution is 14.1. The van der Waals surface area contributed by atoms with Crippen molar-refractivity contribution in [2.24, 2.45) is 0 Å². The molecule has 0 heterocycles. The van der Waals surface area contributed by atoms with E-state index in [0.29, 0.717) is 5.56 Å². The quantitative estimate of drug-likeness (QED) is 0.477. The minimum atomic E-state index is -1.91. The van der Waals surface area contributed by atoms with E-state index in [2.05, 4.69) is 0 Å². The second-order valence-corrected chi connectivity index (χ2v) is 3.49. The third kappa shape index (κ3) is 2.26. The Bertz CT molecular complexity index is 296. The van der Waals surface area contributed by atoms with Gasteiger partial charge in [-0.3, -0.25) is 4.79 Å². The molecule has 3 nitrogen and oxygen atoms in total. The number of hydrogen-bond donors (Lipinski definition) is 2. The van der Waals surface area contributed by atoms with Crippen molar-refractivity contribution >= 4 is 28.4 Å². The Labute approximate surface area is 83.2 Å². The van der Waals surface area contributed by atoms with Crippen LogP contribution in [0.4, 0.5) is 0 Å². The molecular formula is C8H7IO3. The fourth-order valence-electron chi connectivity index (χ4n) is 0.791. The maximum Gasteiger partial charge on any atom is 0.218 e. The first kappa shape index (κ1) is 9.63. The van der Waals surface area contributed by atoms with Crippen molar-refractivity contribution in [1.29, 1.82) is 0 Å². The molecule has 0 atom stereocenters. The summed E-state index contributed by atoms with van der Waals surface area (Å²) in [7, 11) is 0. The van der Waals surface area contributed by atoms with Gasteiger partial charge in [-0.05, 0) is 34.7 Å². The van der Waals surface area contributed by atoms with Crippen molar-refractivity contribution in [3.05, 3.63) is 33.4 Å². The summed E-state index contributed by atoms with van der Waals surface area (Å²) in [4.78, 5) is 11.0. The lowest BCUT2D eigenvalue weighted by Crippen LogP contribution is -2.19. The molecule has 0 bridgehead atoms. The second-order valence-electron chi connectivity index (χ2n) is 2.25. The zero-order chi connectivity index (χ0) is 9.14. The molecule has 0 fully saturated rings. The largest absolute Gasteiger partial charge is 0.362 e. The van der Waals surface area contributed by atoms with Crippen LogP contribution in [0.15, 0.2) is 24.3 Å². The molecule has 0 aliphatic heterocycles.